The minimum atomic E-state index is -0.841. The molecular formula is C22H27F2N5OS. The van der Waals surface area contributed by atoms with Gasteiger partial charge in [0.15, 0.2) is 5.13 Å². The number of carbonyl (C=O) groups is 1. The average Bonchev–Trinajstić information content (AvgIpc) is 3.37. The normalized spacial score (nSPS) is 21.8. The van der Waals surface area contributed by atoms with Gasteiger partial charge in [-0.25, -0.2) is 13.8 Å². The summed E-state index contributed by atoms with van der Waals surface area (Å²) < 4.78 is 27.4. The third-order valence-electron chi connectivity index (χ3n) is 6.72. The summed E-state index contributed by atoms with van der Waals surface area (Å²) in [4.78, 5) is 26.6. The molecule has 1 saturated carbocycles. The van der Waals surface area contributed by atoms with Gasteiger partial charge in [-0.3, -0.25) is 9.78 Å². The zero-order valence-electron chi connectivity index (χ0n) is 17.4. The lowest BCUT2D eigenvalue weighted by atomic mass is 10.0. The average molecular weight is 448 g/mol. The van der Waals surface area contributed by atoms with E-state index in [-0.39, 0.29) is 11.6 Å². The lowest BCUT2D eigenvalue weighted by Crippen LogP contribution is -2.46. The highest BCUT2D eigenvalue weighted by molar-refractivity contribution is 7.17. The van der Waals surface area contributed by atoms with Gasteiger partial charge in [0.2, 0.25) is 0 Å². The minimum absolute atomic E-state index is 0.103. The fourth-order valence-electron chi connectivity index (χ4n) is 4.81. The number of halogens is 2. The molecule has 6 nitrogen and oxygen atoms in total. The lowest BCUT2D eigenvalue weighted by molar-refractivity contribution is 0.0933. The summed E-state index contributed by atoms with van der Waals surface area (Å²) in [5, 5.41) is 3.77. The number of rotatable bonds is 5. The van der Waals surface area contributed by atoms with Crippen molar-refractivity contribution < 1.29 is 13.6 Å². The molecule has 0 atom stereocenters. The number of hydrogen-bond donors (Lipinski definition) is 1. The molecule has 2 aromatic heterocycles. The molecule has 4 heterocycles. The Morgan fingerprint density at radius 2 is 1.81 bits per heavy atom. The van der Waals surface area contributed by atoms with Gasteiger partial charge in [-0.2, -0.15) is 0 Å². The summed E-state index contributed by atoms with van der Waals surface area (Å²) in [6.45, 7) is 4.34. The van der Waals surface area contributed by atoms with Gasteiger partial charge in [0.1, 0.15) is 22.2 Å². The minimum Gasteiger partial charge on any atom is -0.348 e. The maximum atomic E-state index is 14.2. The second-order valence-corrected chi connectivity index (χ2v) is 9.85. The number of likely N-dealkylation sites (tertiary alicyclic amines) is 1. The van der Waals surface area contributed by atoms with E-state index in [0.717, 1.165) is 43.3 Å². The summed E-state index contributed by atoms with van der Waals surface area (Å²) in [5.74, 6) is -1.73. The number of thiazole rings is 1. The van der Waals surface area contributed by atoms with Crippen LogP contribution < -0.4 is 10.2 Å². The maximum absolute atomic E-state index is 14.2. The van der Waals surface area contributed by atoms with Crippen molar-refractivity contribution in [1.29, 1.82) is 0 Å². The van der Waals surface area contributed by atoms with E-state index in [1.54, 1.807) is 6.20 Å². The van der Waals surface area contributed by atoms with E-state index < -0.39 is 17.2 Å². The van der Waals surface area contributed by atoms with Crippen LogP contribution in [0.15, 0.2) is 18.5 Å². The summed E-state index contributed by atoms with van der Waals surface area (Å²) in [6, 6.07) is 1.47. The quantitative estimate of drug-likeness (QED) is 0.758. The molecule has 3 aliphatic rings. The molecule has 1 amide bonds. The van der Waals surface area contributed by atoms with Crippen LogP contribution in [0.5, 0.6) is 0 Å². The van der Waals surface area contributed by atoms with E-state index >= 15 is 0 Å². The molecule has 2 aromatic rings. The number of hydrogen-bond acceptors (Lipinski definition) is 6. The van der Waals surface area contributed by atoms with Crippen molar-refractivity contribution in [1.82, 2.24) is 20.2 Å². The van der Waals surface area contributed by atoms with Crippen LogP contribution in [0.2, 0.25) is 0 Å². The number of nitrogens with zero attached hydrogens (tertiary/aromatic N) is 4. The number of nitrogens with one attached hydrogen (secondary N) is 1. The van der Waals surface area contributed by atoms with E-state index in [1.807, 2.05) is 0 Å². The number of piperidine rings is 2. The van der Waals surface area contributed by atoms with Crippen molar-refractivity contribution >= 4 is 22.4 Å². The molecule has 0 unspecified atom stereocenters. The van der Waals surface area contributed by atoms with Gasteiger partial charge in [0, 0.05) is 25.2 Å². The van der Waals surface area contributed by atoms with Crippen LogP contribution in [0.4, 0.5) is 13.9 Å². The standard InChI is InChI=1S/C22H27F2N5OS/c23-15-12-17(24)19(25-13-15)22(6-7-22)27-20(30)18-14-26-21(31-18)29-10-4-16(5-11-29)28-8-2-1-3-9-28/h12-14,16H,1-11H2,(H,27,30). The van der Waals surface area contributed by atoms with E-state index in [1.165, 1.54) is 43.7 Å². The Bertz CT molecular complexity index is 949. The van der Waals surface area contributed by atoms with Gasteiger partial charge in [-0.15, -0.1) is 0 Å². The Labute approximate surface area is 184 Å². The highest BCUT2D eigenvalue weighted by Gasteiger charge is 2.49. The first-order valence-corrected chi connectivity index (χ1v) is 11.9. The molecule has 0 radical (unpaired) electrons. The second-order valence-electron chi connectivity index (χ2n) is 8.84. The Hall–Kier alpha value is -2.13. The van der Waals surface area contributed by atoms with E-state index in [4.69, 9.17) is 0 Å². The molecule has 5 rings (SSSR count). The van der Waals surface area contributed by atoms with Gasteiger partial charge in [0.25, 0.3) is 5.91 Å². The van der Waals surface area contributed by atoms with Crippen molar-refractivity contribution in [2.45, 2.75) is 56.5 Å². The van der Waals surface area contributed by atoms with Gasteiger partial charge < -0.3 is 15.1 Å². The Kier molecular flexibility index (Phi) is 5.64. The van der Waals surface area contributed by atoms with Gasteiger partial charge in [-0.05, 0) is 51.6 Å². The Morgan fingerprint density at radius 1 is 1.06 bits per heavy atom. The molecule has 166 valence electrons. The van der Waals surface area contributed by atoms with Gasteiger partial charge in [0.05, 0.1) is 17.9 Å². The summed E-state index contributed by atoms with van der Waals surface area (Å²) in [7, 11) is 0. The number of anilines is 1. The third-order valence-corrected chi connectivity index (χ3v) is 7.78. The third kappa shape index (κ3) is 4.30. The zero-order valence-corrected chi connectivity index (χ0v) is 18.3. The fraction of sp³-hybridized carbons (Fsp3) is 0.591. The van der Waals surface area contributed by atoms with Crippen LogP contribution in [0.1, 0.15) is 60.3 Å². The predicted molar refractivity (Wildman–Crippen MR) is 115 cm³/mol. The van der Waals surface area contributed by atoms with Crippen molar-refractivity contribution in [3.8, 4) is 0 Å². The Balaban J connectivity index is 1.20. The smallest absolute Gasteiger partial charge is 0.263 e. The molecule has 2 aliphatic heterocycles. The molecule has 0 bridgehead atoms. The van der Waals surface area contributed by atoms with Crippen LogP contribution in [0.3, 0.4) is 0 Å². The maximum Gasteiger partial charge on any atom is 0.263 e. The number of amides is 1. The first kappa shape index (κ1) is 20.8. The Morgan fingerprint density at radius 3 is 2.48 bits per heavy atom. The topological polar surface area (TPSA) is 61.4 Å². The SMILES string of the molecule is O=C(NC1(c2ncc(F)cc2F)CC1)c1cnc(N2CCC(N3CCCCC3)CC2)s1. The van der Waals surface area contributed by atoms with Crippen molar-refractivity contribution in [2.24, 2.45) is 0 Å². The van der Waals surface area contributed by atoms with Crippen molar-refractivity contribution in [2.75, 3.05) is 31.1 Å². The number of pyridine rings is 1. The summed E-state index contributed by atoms with van der Waals surface area (Å²) >= 11 is 1.37. The first-order chi connectivity index (χ1) is 15.0. The molecule has 3 fully saturated rings. The van der Waals surface area contributed by atoms with Gasteiger partial charge in [-0.1, -0.05) is 17.8 Å². The molecule has 0 spiro atoms. The molecule has 9 heteroatoms. The zero-order chi connectivity index (χ0) is 21.4. The molecule has 2 saturated heterocycles. The lowest BCUT2D eigenvalue weighted by Gasteiger charge is -2.40. The summed E-state index contributed by atoms with van der Waals surface area (Å²) in [5.41, 5.74) is -0.738. The molecule has 31 heavy (non-hydrogen) atoms. The number of carbonyl (C=O) groups excluding carboxylic acids is 1. The highest BCUT2D eigenvalue weighted by atomic mass is 32.1. The fourth-order valence-corrected chi connectivity index (χ4v) is 5.68. The molecule has 1 N–H and O–H groups in total. The van der Waals surface area contributed by atoms with Crippen LogP contribution in [0.25, 0.3) is 0 Å². The highest BCUT2D eigenvalue weighted by Crippen LogP contribution is 2.46. The van der Waals surface area contributed by atoms with E-state index in [9.17, 15) is 13.6 Å². The molecule has 0 aromatic carbocycles. The summed E-state index contributed by atoms with van der Waals surface area (Å²) in [6.07, 6.45) is 9.98. The van der Waals surface area contributed by atoms with E-state index in [0.29, 0.717) is 23.8 Å². The van der Waals surface area contributed by atoms with E-state index in [2.05, 4.69) is 25.1 Å². The van der Waals surface area contributed by atoms with Crippen LogP contribution in [0, 0.1) is 11.6 Å². The van der Waals surface area contributed by atoms with Crippen LogP contribution in [-0.4, -0.2) is 53.0 Å². The number of aromatic nitrogens is 2. The van der Waals surface area contributed by atoms with Crippen LogP contribution in [-0.2, 0) is 5.54 Å². The monoisotopic (exact) mass is 447 g/mol. The van der Waals surface area contributed by atoms with Crippen molar-refractivity contribution in [3.63, 3.8) is 0 Å². The van der Waals surface area contributed by atoms with Crippen molar-refractivity contribution in [3.05, 3.63) is 40.7 Å². The van der Waals surface area contributed by atoms with Crippen LogP contribution >= 0.6 is 11.3 Å². The van der Waals surface area contributed by atoms with Gasteiger partial charge >= 0.3 is 0 Å². The second kappa shape index (κ2) is 8.43. The first-order valence-electron chi connectivity index (χ1n) is 11.1. The largest absolute Gasteiger partial charge is 0.348 e. The molecular weight excluding hydrogens is 420 g/mol. The molecule has 1 aliphatic carbocycles. The predicted octanol–water partition coefficient (Wildman–Crippen LogP) is 3.69.